The maximum atomic E-state index is 13.6. The summed E-state index contributed by atoms with van der Waals surface area (Å²) in [7, 11) is 0. The first-order chi connectivity index (χ1) is 13.1. The van der Waals surface area contributed by atoms with E-state index in [2.05, 4.69) is 20.5 Å². The minimum absolute atomic E-state index is 0. The Morgan fingerprint density at radius 3 is 2.68 bits per heavy atom. The molecule has 0 radical (unpaired) electrons. The van der Waals surface area contributed by atoms with Crippen molar-refractivity contribution in [3.63, 3.8) is 0 Å². The lowest BCUT2D eigenvalue weighted by molar-refractivity contribution is 0.0634. The third-order valence-corrected chi connectivity index (χ3v) is 4.72. The second-order valence-electron chi connectivity index (χ2n) is 6.60. The highest BCUT2D eigenvalue weighted by atomic mass is 35.5. The van der Waals surface area contributed by atoms with Gasteiger partial charge in [0.15, 0.2) is 5.82 Å². The van der Waals surface area contributed by atoms with Crippen LogP contribution < -0.4 is 5.32 Å². The Labute approximate surface area is 168 Å². The smallest absolute Gasteiger partial charge is 0.254 e. The summed E-state index contributed by atoms with van der Waals surface area (Å²) in [5, 5.41) is 10.2. The molecule has 2 heterocycles. The highest BCUT2D eigenvalue weighted by molar-refractivity contribution is 5.95. The van der Waals surface area contributed by atoms with Crippen molar-refractivity contribution in [3.05, 3.63) is 71.3 Å². The van der Waals surface area contributed by atoms with E-state index in [9.17, 15) is 9.18 Å². The van der Waals surface area contributed by atoms with Crippen molar-refractivity contribution in [2.45, 2.75) is 13.0 Å². The topological polar surface area (TPSA) is 73.9 Å². The third-order valence-electron chi connectivity index (χ3n) is 4.72. The average Bonchev–Trinajstić information content (AvgIpc) is 3.14. The SMILES string of the molecule is Cc1nc(-c2ccc(C(=O)N3CCNCC3c3cccc(F)c3)cc2)n[nH]1.Cl. The first kappa shape index (κ1) is 20.0. The van der Waals surface area contributed by atoms with Crippen molar-refractivity contribution < 1.29 is 9.18 Å². The number of nitrogens with zero attached hydrogens (tertiary/aromatic N) is 3. The van der Waals surface area contributed by atoms with Gasteiger partial charge >= 0.3 is 0 Å². The van der Waals surface area contributed by atoms with Gasteiger partial charge in [0.25, 0.3) is 5.91 Å². The van der Waals surface area contributed by atoms with Crippen LogP contribution in [0.4, 0.5) is 4.39 Å². The van der Waals surface area contributed by atoms with E-state index in [-0.39, 0.29) is 30.2 Å². The first-order valence-corrected chi connectivity index (χ1v) is 8.88. The molecule has 1 aliphatic heterocycles. The molecule has 1 amide bonds. The van der Waals surface area contributed by atoms with Gasteiger partial charge in [0, 0.05) is 30.8 Å². The number of carbonyl (C=O) groups excluding carboxylic acids is 1. The van der Waals surface area contributed by atoms with Gasteiger partial charge in [-0.3, -0.25) is 9.89 Å². The van der Waals surface area contributed by atoms with Crippen molar-refractivity contribution in [2.24, 2.45) is 0 Å². The summed E-state index contributed by atoms with van der Waals surface area (Å²) < 4.78 is 13.6. The summed E-state index contributed by atoms with van der Waals surface area (Å²) in [6, 6.07) is 13.5. The van der Waals surface area contributed by atoms with Crippen LogP contribution in [0.25, 0.3) is 11.4 Å². The third kappa shape index (κ3) is 4.05. The molecule has 1 aromatic heterocycles. The number of hydrogen-bond acceptors (Lipinski definition) is 4. The van der Waals surface area contributed by atoms with Crippen molar-refractivity contribution in [1.29, 1.82) is 0 Å². The van der Waals surface area contributed by atoms with E-state index < -0.39 is 0 Å². The number of rotatable bonds is 3. The Morgan fingerprint density at radius 1 is 1.21 bits per heavy atom. The summed E-state index contributed by atoms with van der Waals surface area (Å²) >= 11 is 0. The van der Waals surface area contributed by atoms with Gasteiger partial charge in [0.05, 0.1) is 6.04 Å². The highest BCUT2D eigenvalue weighted by Gasteiger charge is 2.28. The molecule has 1 aliphatic rings. The molecule has 146 valence electrons. The van der Waals surface area contributed by atoms with Crippen molar-refractivity contribution in [1.82, 2.24) is 25.4 Å². The molecule has 4 rings (SSSR count). The van der Waals surface area contributed by atoms with Crippen molar-refractivity contribution >= 4 is 18.3 Å². The molecule has 3 aromatic rings. The van der Waals surface area contributed by atoms with E-state index >= 15 is 0 Å². The van der Waals surface area contributed by atoms with Gasteiger partial charge in [0.1, 0.15) is 11.6 Å². The molecule has 2 aromatic carbocycles. The second kappa shape index (κ2) is 8.50. The molecule has 6 nitrogen and oxygen atoms in total. The van der Waals surface area contributed by atoms with Crippen LogP contribution in [-0.2, 0) is 0 Å². The zero-order valence-electron chi connectivity index (χ0n) is 15.4. The minimum Gasteiger partial charge on any atom is -0.329 e. The fourth-order valence-electron chi connectivity index (χ4n) is 3.36. The standard InChI is InChI=1S/C20H20FN5O.ClH/c1-13-23-19(25-24-13)14-5-7-15(8-6-14)20(27)26-10-9-22-12-18(26)16-3-2-4-17(21)11-16;/h2-8,11,18,22H,9-10,12H2,1H3,(H,23,24,25);1H. The number of aromatic amines is 1. The number of hydrogen-bond donors (Lipinski definition) is 2. The predicted octanol–water partition coefficient (Wildman–Crippen LogP) is 3.13. The number of nitrogens with one attached hydrogen (secondary N) is 2. The van der Waals surface area contributed by atoms with Crippen LogP contribution in [0.2, 0.25) is 0 Å². The number of amides is 1. The summed E-state index contributed by atoms with van der Waals surface area (Å²) in [4.78, 5) is 19.2. The van der Waals surface area contributed by atoms with E-state index in [0.29, 0.717) is 31.0 Å². The minimum atomic E-state index is -0.295. The number of carbonyl (C=O) groups is 1. The van der Waals surface area contributed by atoms with Crippen molar-refractivity contribution in [3.8, 4) is 11.4 Å². The number of piperazine rings is 1. The Hall–Kier alpha value is -2.77. The Bertz CT molecular complexity index is 959. The lowest BCUT2D eigenvalue weighted by atomic mass is 10.0. The molecule has 1 atom stereocenters. The van der Waals surface area contributed by atoms with Crippen LogP contribution >= 0.6 is 12.4 Å². The summed E-state index contributed by atoms with van der Waals surface area (Å²) in [6.07, 6.45) is 0. The molecule has 0 bridgehead atoms. The van der Waals surface area contributed by atoms with Crippen molar-refractivity contribution in [2.75, 3.05) is 19.6 Å². The molecule has 0 spiro atoms. The molecular weight excluding hydrogens is 381 g/mol. The molecule has 8 heteroatoms. The molecule has 0 saturated carbocycles. The van der Waals surface area contributed by atoms with Gasteiger partial charge in [-0.2, -0.15) is 5.10 Å². The van der Waals surface area contributed by atoms with Gasteiger partial charge in [0.2, 0.25) is 0 Å². The van der Waals surface area contributed by atoms with Gasteiger partial charge in [-0.1, -0.05) is 24.3 Å². The van der Waals surface area contributed by atoms with Crippen LogP contribution in [0.3, 0.4) is 0 Å². The Balaban J connectivity index is 0.00000225. The molecule has 28 heavy (non-hydrogen) atoms. The van der Waals surface area contributed by atoms with E-state index in [1.54, 1.807) is 23.1 Å². The van der Waals surface area contributed by atoms with Gasteiger partial charge in [-0.25, -0.2) is 9.37 Å². The Morgan fingerprint density at radius 2 is 2.00 bits per heavy atom. The van der Waals surface area contributed by atoms with Gasteiger partial charge in [-0.05, 0) is 36.8 Å². The monoisotopic (exact) mass is 401 g/mol. The van der Waals surface area contributed by atoms with Gasteiger partial charge < -0.3 is 10.2 Å². The molecule has 2 N–H and O–H groups in total. The lowest BCUT2D eigenvalue weighted by Gasteiger charge is -2.36. The molecule has 0 aliphatic carbocycles. The van der Waals surface area contributed by atoms with Gasteiger partial charge in [-0.15, -0.1) is 12.4 Å². The molecule has 1 fully saturated rings. The normalized spacial score (nSPS) is 16.5. The molecular formula is C20H21ClFN5O. The van der Waals surface area contributed by atoms with Crippen LogP contribution in [0, 0.1) is 12.7 Å². The van der Waals surface area contributed by atoms with E-state index in [0.717, 1.165) is 17.0 Å². The predicted molar refractivity (Wildman–Crippen MR) is 107 cm³/mol. The largest absolute Gasteiger partial charge is 0.329 e. The van der Waals surface area contributed by atoms with Crippen LogP contribution in [-0.4, -0.2) is 45.6 Å². The summed E-state index contributed by atoms with van der Waals surface area (Å²) in [6.45, 7) is 3.73. The quantitative estimate of drug-likeness (QED) is 0.707. The molecule has 1 saturated heterocycles. The van der Waals surface area contributed by atoms with Crippen LogP contribution in [0.15, 0.2) is 48.5 Å². The number of H-pyrrole nitrogens is 1. The zero-order chi connectivity index (χ0) is 18.8. The van der Waals surface area contributed by atoms with E-state index in [1.165, 1.54) is 12.1 Å². The zero-order valence-corrected chi connectivity index (χ0v) is 16.2. The summed E-state index contributed by atoms with van der Waals surface area (Å²) in [5.41, 5.74) is 2.23. The number of aromatic nitrogens is 3. The van der Waals surface area contributed by atoms with E-state index in [4.69, 9.17) is 0 Å². The molecule has 1 unspecified atom stereocenters. The van der Waals surface area contributed by atoms with Crippen LogP contribution in [0.1, 0.15) is 27.8 Å². The number of aryl methyl sites for hydroxylation is 1. The highest BCUT2D eigenvalue weighted by Crippen LogP contribution is 2.25. The maximum Gasteiger partial charge on any atom is 0.254 e. The fourth-order valence-corrected chi connectivity index (χ4v) is 3.36. The number of halogens is 2. The maximum absolute atomic E-state index is 13.6. The van der Waals surface area contributed by atoms with Crippen LogP contribution in [0.5, 0.6) is 0 Å². The number of benzene rings is 2. The Kier molecular flexibility index (Phi) is 6.06. The fraction of sp³-hybridized carbons (Fsp3) is 0.250. The second-order valence-corrected chi connectivity index (χ2v) is 6.60. The summed E-state index contributed by atoms with van der Waals surface area (Å²) in [5.74, 6) is 0.982. The van der Waals surface area contributed by atoms with E-state index in [1.807, 2.05) is 25.1 Å². The lowest BCUT2D eigenvalue weighted by Crippen LogP contribution is -2.48. The average molecular weight is 402 g/mol. The first-order valence-electron chi connectivity index (χ1n) is 8.88.